The number of ether oxygens (including phenoxy) is 1. The molecule has 0 aromatic heterocycles. The maximum Gasteiger partial charge on any atom is 0.246 e. The Morgan fingerprint density at radius 1 is 1.11 bits per heavy atom. The fraction of sp³-hybridized carbons (Fsp3) is 0.300. The van der Waals surface area contributed by atoms with Crippen molar-refractivity contribution in [1.29, 1.82) is 0 Å². The molecule has 1 atom stereocenters. The first kappa shape index (κ1) is 18.7. The lowest BCUT2D eigenvalue weighted by molar-refractivity contribution is -0.117. The number of hydrogen-bond donors (Lipinski definition) is 3. The fourth-order valence-corrected chi connectivity index (χ4v) is 2.60. The van der Waals surface area contributed by atoms with Crippen LogP contribution in [0.5, 0.6) is 5.75 Å². The molecule has 6 nitrogen and oxygen atoms in total. The van der Waals surface area contributed by atoms with E-state index in [0.29, 0.717) is 17.1 Å². The van der Waals surface area contributed by atoms with Crippen LogP contribution in [-0.2, 0) is 9.59 Å². The molecule has 2 amide bonds. The second-order valence-electron chi connectivity index (χ2n) is 6.51. The highest BCUT2D eigenvalue weighted by Crippen LogP contribution is 2.31. The number of halogens is 1. The minimum absolute atomic E-state index is 0.0217. The molecule has 1 aliphatic carbocycles. The van der Waals surface area contributed by atoms with Gasteiger partial charge in [0.05, 0.1) is 18.5 Å². The number of amides is 2. The zero-order chi connectivity index (χ0) is 19.4. The van der Waals surface area contributed by atoms with Gasteiger partial charge in [-0.1, -0.05) is 12.1 Å². The van der Waals surface area contributed by atoms with Crippen molar-refractivity contribution in [3.63, 3.8) is 0 Å². The average molecular weight is 371 g/mol. The van der Waals surface area contributed by atoms with Crippen LogP contribution in [0.2, 0.25) is 0 Å². The van der Waals surface area contributed by atoms with Crippen molar-refractivity contribution in [2.75, 3.05) is 23.1 Å². The molecule has 142 valence electrons. The maximum absolute atomic E-state index is 13.9. The fourth-order valence-electron chi connectivity index (χ4n) is 2.60. The third kappa shape index (κ3) is 4.75. The van der Waals surface area contributed by atoms with Crippen LogP contribution in [-0.4, -0.2) is 25.0 Å². The monoisotopic (exact) mass is 371 g/mol. The van der Waals surface area contributed by atoms with Crippen molar-refractivity contribution in [2.45, 2.75) is 25.8 Å². The Morgan fingerprint density at radius 3 is 2.56 bits per heavy atom. The van der Waals surface area contributed by atoms with E-state index in [0.717, 1.165) is 12.8 Å². The SMILES string of the molecule is COc1ccccc1NC(=O)[C@@H](C)Nc1ccc(F)c(NC(=O)C2CC2)c1. The van der Waals surface area contributed by atoms with Gasteiger partial charge in [0.25, 0.3) is 0 Å². The maximum atomic E-state index is 13.9. The average Bonchev–Trinajstić information content (AvgIpc) is 3.50. The molecular weight excluding hydrogens is 349 g/mol. The first-order chi connectivity index (χ1) is 13.0. The second-order valence-corrected chi connectivity index (χ2v) is 6.51. The predicted octanol–water partition coefficient (Wildman–Crippen LogP) is 3.62. The molecule has 1 saturated carbocycles. The predicted molar refractivity (Wildman–Crippen MR) is 102 cm³/mol. The van der Waals surface area contributed by atoms with Gasteiger partial charge in [-0.25, -0.2) is 4.39 Å². The molecule has 0 bridgehead atoms. The Balaban J connectivity index is 1.65. The van der Waals surface area contributed by atoms with Crippen LogP contribution in [0.4, 0.5) is 21.5 Å². The molecule has 0 aliphatic heterocycles. The Bertz CT molecular complexity index is 852. The molecule has 0 spiro atoms. The normalized spacial score (nSPS) is 14.2. The van der Waals surface area contributed by atoms with E-state index in [-0.39, 0.29) is 23.4 Å². The van der Waals surface area contributed by atoms with Crippen LogP contribution < -0.4 is 20.7 Å². The van der Waals surface area contributed by atoms with Crippen molar-refractivity contribution >= 4 is 28.9 Å². The van der Waals surface area contributed by atoms with Crippen LogP contribution in [0.1, 0.15) is 19.8 Å². The number of hydrogen-bond acceptors (Lipinski definition) is 4. The first-order valence-corrected chi connectivity index (χ1v) is 8.78. The van der Waals surface area contributed by atoms with E-state index >= 15 is 0 Å². The van der Waals surface area contributed by atoms with Gasteiger partial charge in [-0.15, -0.1) is 0 Å². The van der Waals surface area contributed by atoms with Gasteiger partial charge in [0.2, 0.25) is 11.8 Å². The highest BCUT2D eigenvalue weighted by molar-refractivity contribution is 5.98. The number of nitrogens with one attached hydrogen (secondary N) is 3. The van der Waals surface area contributed by atoms with E-state index in [4.69, 9.17) is 4.74 Å². The number of benzene rings is 2. The van der Waals surface area contributed by atoms with Crippen LogP contribution in [0.3, 0.4) is 0 Å². The van der Waals surface area contributed by atoms with Crippen molar-refractivity contribution in [2.24, 2.45) is 5.92 Å². The van der Waals surface area contributed by atoms with Crippen molar-refractivity contribution < 1.29 is 18.7 Å². The summed E-state index contributed by atoms with van der Waals surface area (Å²) >= 11 is 0. The van der Waals surface area contributed by atoms with E-state index in [1.54, 1.807) is 25.1 Å². The number of carbonyl (C=O) groups is 2. The molecule has 3 N–H and O–H groups in total. The minimum atomic E-state index is -0.590. The lowest BCUT2D eigenvalue weighted by Crippen LogP contribution is -2.32. The largest absolute Gasteiger partial charge is 0.495 e. The van der Waals surface area contributed by atoms with Crippen LogP contribution >= 0.6 is 0 Å². The van der Waals surface area contributed by atoms with Gasteiger partial charge >= 0.3 is 0 Å². The molecular formula is C20H22FN3O3. The molecule has 1 aliphatic rings. The summed E-state index contributed by atoms with van der Waals surface area (Å²) in [5.41, 5.74) is 1.20. The molecule has 0 heterocycles. The quantitative estimate of drug-likeness (QED) is 0.695. The second kappa shape index (κ2) is 8.07. The molecule has 0 saturated heterocycles. The van der Waals surface area contributed by atoms with E-state index in [1.165, 1.54) is 25.3 Å². The Hall–Kier alpha value is -3.09. The lowest BCUT2D eigenvalue weighted by Gasteiger charge is -2.17. The highest BCUT2D eigenvalue weighted by Gasteiger charge is 2.30. The number of rotatable bonds is 7. The number of anilines is 3. The topological polar surface area (TPSA) is 79.5 Å². The van der Waals surface area contributed by atoms with Gasteiger partial charge in [-0.2, -0.15) is 0 Å². The molecule has 3 rings (SSSR count). The van der Waals surface area contributed by atoms with E-state index < -0.39 is 11.9 Å². The Kier molecular flexibility index (Phi) is 5.59. The summed E-state index contributed by atoms with van der Waals surface area (Å²) in [4.78, 5) is 24.3. The van der Waals surface area contributed by atoms with Gasteiger partial charge in [0, 0.05) is 11.6 Å². The summed E-state index contributed by atoms with van der Waals surface area (Å²) in [7, 11) is 1.53. The summed E-state index contributed by atoms with van der Waals surface area (Å²) in [6, 6.07) is 10.8. The summed E-state index contributed by atoms with van der Waals surface area (Å²) in [5.74, 6) is -0.419. The highest BCUT2D eigenvalue weighted by atomic mass is 19.1. The molecule has 0 unspecified atom stereocenters. The van der Waals surface area contributed by atoms with Gasteiger partial charge in [0.15, 0.2) is 0 Å². The van der Waals surface area contributed by atoms with Gasteiger partial charge < -0.3 is 20.7 Å². The van der Waals surface area contributed by atoms with Crippen molar-refractivity contribution in [3.8, 4) is 5.75 Å². The van der Waals surface area contributed by atoms with E-state index in [9.17, 15) is 14.0 Å². The van der Waals surface area contributed by atoms with Gasteiger partial charge in [-0.05, 0) is 50.1 Å². The minimum Gasteiger partial charge on any atom is -0.495 e. The van der Waals surface area contributed by atoms with Crippen LogP contribution in [0.15, 0.2) is 42.5 Å². The van der Waals surface area contributed by atoms with E-state index in [2.05, 4.69) is 16.0 Å². The van der Waals surface area contributed by atoms with Crippen molar-refractivity contribution in [1.82, 2.24) is 0 Å². The van der Waals surface area contributed by atoms with Crippen LogP contribution in [0.25, 0.3) is 0 Å². The first-order valence-electron chi connectivity index (χ1n) is 8.78. The summed E-state index contributed by atoms with van der Waals surface area (Å²) in [6.45, 7) is 1.69. The van der Waals surface area contributed by atoms with Gasteiger partial charge in [0.1, 0.15) is 17.6 Å². The summed E-state index contributed by atoms with van der Waals surface area (Å²) < 4.78 is 19.2. The summed E-state index contributed by atoms with van der Waals surface area (Å²) in [5, 5.41) is 8.41. The number of methoxy groups -OCH3 is 1. The molecule has 0 radical (unpaired) electrons. The molecule has 7 heteroatoms. The Morgan fingerprint density at radius 2 is 1.85 bits per heavy atom. The molecule has 2 aromatic rings. The zero-order valence-electron chi connectivity index (χ0n) is 15.2. The van der Waals surface area contributed by atoms with Gasteiger partial charge in [-0.3, -0.25) is 9.59 Å². The third-order valence-corrected chi connectivity index (χ3v) is 4.31. The Labute approximate surface area is 157 Å². The number of para-hydroxylation sites is 2. The summed E-state index contributed by atoms with van der Waals surface area (Å²) in [6.07, 6.45) is 1.68. The third-order valence-electron chi connectivity index (χ3n) is 4.31. The lowest BCUT2D eigenvalue weighted by atomic mass is 10.2. The standard InChI is InChI=1S/C20H22FN3O3/c1-12(19(25)23-16-5-3-4-6-18(16)27-2)22-14-9-10-15(21)17(11-14)24-20(26)13-7-8-13/h3-6,9-13,22H,7-8H2,1-2H3,(H,23,25)(H,24,26)/t12-/m1/s1. The number of carbonyl (C=O) groups excluding carboxylic acids is 2. The zero-order valence-corrected chi connectivity index (χ0v) is 15.2. The smallest absolute Gasteiger partial charge is 0.246 e. The van der Waals surface area contributed by atoms with Crippen molar-refractivity contribution in [3.05, 3.63) is 48.3 Å². The van der Waals surface area contributed by atoms with Crippen LogP contribution in [0, 0.1) is 11.7 Å². The molecule has 1 fully saturated rings. The molecule has 2 aromatic carbocycles. The molecule has 27 heavy (non-hydrogen) atoms. The van der Waals surface area contributed by atoms with E-state index in [1.807, 2.05) is 6.07 Å².